The van der Waals surface area contributed by atoms with Crippen molar-refractivity contribution in [1.82, 2.24) is 5.32 Å². The van der Waals surface area contributed by atoms with Crippen LogP contribution < -0.4 is 14.8 Å². The second-order valence-electron chi connectivity index (χ2n) is 5.68. The number of fused-ring (bicyclic) bond motifs is 1. The zero-order chi connectivity index (χ0) is 13.2. The summed E-state index contributed by atoms with van der Waals surface area (Å²) in [6.07, 6.45) is 6.83. The molecule has 0 amide bonds. The Labute approximate surface area is 115 Å². The number of nitrogens with one attached hydrogen (secondary N) is 1. The molecule has 0 spiro atoms. The fourth-order valence-electron chi connectivity index (χ4n) is 3.49. The Morgan fingerprint density at radius 1 is 1.26 bits per heavy atom. The normalized spacial score (nSPS) is 26.8. The van der Waals surface area contributed by atoms with Gasteiger partial charge in [-0.05, 0) is 44.0 Å². The molecule has 104 valence electrons. The van der Waals surface area contributed by atoms with E-state index in [1.807, 2.05) is 13.1 Å². The van der Waals surface area contributed by atoms with Crippen molar-refractivity contribution >= 4 is 0 Å². The molecule has 1 aromatic rings. The maximum absolute atomic E-state index is 6.25. The molecule has 3 nitrogen and oxygen atoms in total. The van der Waals surface area contributed by atoms with Crippen LogP contribution >= 0.6 is 0 Å². The Hall–Kier alpha value is -1.22. The molecule has 19 heavy (non-hydrogen) atoms. The van der Waals surface area contributed by atoms with Crippen LogP contribution in [0, 0.1) is 5.92 Å². The molecule has 1 heterocycles. The molecule has 2 atom stereocenters. The van der Waals surface area contributed by atoms with E-state index in [1.54, 1.807) is 7.11 Å². The molecule has 2 aliphatic rings. The zero-order valence-corrected chi connectivity index (χ0v) is 11.8. The zero-order valence-electron chi connectivity index (χ0n) is 11.8. The smallest absolute Gasteiger partial charge is 0.124 e. The lowest BCUT2D eigenvalue weighted by Crippen LogP contribution is -2.35. The van der Waals surface area contributed by atoms with Crippen molar-refractivity contribution in [1.29, 1.82) is 0 Å². The summed E-state index contributed by atoms with van der Waals surface area (Å²) in [5, 5.41) is 3.43. The van der Waals surface area contributed by atoms with E-state index in [0.717, 1.165) is 23.8 Å². The SMILES string of the molecule is CNC1CC(C2CCCC2)Oc2ccc(OC)cc21. The lowest BCUT2D eigenvalue weighted by atomic mass is 9.89. The lowest BCUT2D eigenvalue weighted by molar-refractivity contribution is 0.0960. The second-order valence-corrected chi connectivity index (χ2v) is 5.68. The molecule has 1 aromatic carbocycles. The highest BCUT2D eigenvalue weighted by Crippen LogP contribution is 2.42. The van der Waals surface area contributed by atoms with Gasteiger partial charge in [0.15, 0.2) is 0 Å². The largest absolute Gasteiger partial charge is 0.497 e. The van der Waals surface area contributed by atoms with Gasteiger partial charge in [-0.2, -0.15) is 0 Å². The minimum absolute atomic E-state index is 0.376. The molecule has 0 radical (unpaired) electrons. The van der Waals surface area contributed by atoms with E-state index in [4.69, 9.17) is 9.47 Å². The summed E-state index contributed by atoms with van der Waals surface area (Å²) in [6.45, 7) is 0. The number of ether oxygens (including phenoxy) is 2. The molecule has 1 fully saturated rings. The van der Waals surface area contributed by atoms with Crippen molar-refractivity contribution in [2.75, 3.05) is 14.2 Å². The van der Waals surface area contributed by atoms with E-state index in [2.05, 4.69) is 17.4 Å². The van der Waals surface area contributed by atoms with Crippen molar-refractivity contribution < 1.29 is 9.47 Å². The molecular formula is C16H23NO2. The van der Waals surface area contributed by atoms with Gasteiger partial charge in [0.25, 0.3) is 0 Å². The number of hydrogen-bond acceptors (Lipinski definition) is 3. The van der Waals surface area contributed by atoms with Gasteiger partial charge in [0, 0.05) is 18.0 Å². The minimum atomic E-state index is 0.376. The van der Waals surface area contributed by atoms with Crippen LogP contribution in [0.4, 0.5) is 0 Å². The standard InChI is InChI=1S/C16H23NO2/c1-17-14-10-16(11-5-3-4-6-11)19-15-8-7-12(18-2)9-13(14)15/h7-9,11,14,16-17H,3-6,10H2,1-2H3. The van der Waals surface area contributed by atoms with E-state index in [1.165, 1.54) is 31.2 Å². The third kappa shape index (κ3) is 2.44. The van der Waals surface area contributed by atoms with Gasteiger partial charge in [0.1, 0.15) is 17.6 Å². The Balaban J connectivity index is 1.86. The first-order valence-electron chi connectivity index (χ1n) is 7.33. The molecule has 0 saturated heterocycles. The van der Waals surface area contributed by atoms with E-state index < -0.39 is 0 Å². The Morgan fingerprint density at radius 2 is 2.05 bits per heavy atom. The van der Waals surface area contributed by atoms with Crippen LogP contribution in [0.2, 0.25) is 0 Å². The summed E-state index contributed by atoms with van der Waals surface area (Å²) in [7, 11) is 3.74. The van der Waals surface area contributed by atoms with E-state index in [-0.39, 0.29) is 0 Å². The van der Waals surface area contributed by atoms with Gasteiger partial charge in [0.2, 0.25) is 0 Å². The predicted octanol–water partition coefficient (Wildman–Crippen LogP) is 3.30. The maximum atomic E-state index is 6.25. The summed E-state index contributed by atoms with van der Waals surface area (Å²) < 4.78 is 11.6. The van der Waals surface area contributed by atoms with Crippen LogP contribution in [0.5, 0.6) is 11.5 Å². The lowest BCUT2D eigenvalue weighted by Gasteiger charge is -2.35. The van der Waals surface area contributed by atoms with Crippen molar-refractivity contribution in [3.8, 4) is 11.5 Å². The van der Waals surface area contributed by atoms with E-state index >= 15 is 0 Å². The molecule has 1 aliphatic heterocycles. The average molecular weight is 261 g/mol. The predicted molar refractivity (Wildman–Crippen MR) is 75.8 cm³/mol. The Bertz CT molecular complexity index is 440. The summed E-state index contributed by atoms with van der Waals surface area (Å²) >= 11 is 0. The van der Waals surface area contributed by atoms with Gasteiger partial charge in [-0.25, -0.2) is 0 Å². The third-order valence-electron chi connectivity index (χ3n) is 4.61. The fourth-order valence-corrected chi connectivity index (χ4v) is 3.49. The van der Waals surface area contributed by atoms with Gasteiger partial charge >= 0.3 is 0 Å². The highest BCUT2D eigenvalue weighted by atomic mass is 16.5. The summed E-state index contributed by atoms with van der Waals surface area (Å²) in [4.78, 5) is 0. The molecule has 0 aromatic heterocycles. The van der Waals surface area contributed by atoms with Gasteiger partial charge in [-0.3, -0.25) is 0 Å². The summed E-state index contributed by atoms with van der Waals surface area (Å²) in [5.74, 6) is 2.68. The van der Waals surface area contributed by atoms with Gasteiger partial charge < -0.3 is 14.8 Å². The number of rotatable bonds is 3. The molecule has 0 bridgehead atoms. The van der Waals surface area contributed by atoms with Crippen LogP contribution in [0.1, 0.15) is 43.7 Å². The van der Waals surface area contributed by atoms with Crippen molar-refractivity contribution in [2.45, 2.75) is 44.2 Å². The molecule has 1 saturated carbocycles. The van der Waals surface area contributed by atoms with Gasteiger partial charge in [-0.15, -0.1) is 0 Å². The number of benzene rings is 1. The molecule has 1 aliphatic carbocycles. The van der Waals surface area contributed by atoms with Crippen LogP contribution in [0.15, 0.2) is 18.2 Å². The van der Waals surface area contributed by atoms with Crippen LogP contribution in [-0.4, -0.2) is 20.3 Å². The first-order chi connectivity index (χ1) is 9.31. The number of methoxy groups -OCH3 is 1. The maximum Gasteiger partial charge on any atom is 0.124 e. The van der Waals surface area contributed by atoms with E-state index in [9.17, 15) is 0 Å². The van der Waals surface area contributed by atoms with Crippen molar-refractivity contribution in [3.05, 3.63) is 23.8 Å². The van der Waals surface area contributed by atoms with Crippen molar-refractivity contribution in [2.24, 2.45) is 5.92 Å². The molecule has 1 N–H and O–H groups in total. The topological polar surface area (TPSA) is 30.5 Å². The minimum Gasteiger partial charge on any atom is -0.497 e. The Morgan fingerprint density at radius 3 is 2.74 bits per heavy atom. The monoisotopic (exact) mass is 261 g/mol. The van der Waals surface area contributed by atoms with Crippen LogP contribution in [0.3, 0.4) is 0 Å². The number of hydrogen-bond donors (Lipinski definition) is 1. The molecular weight excluding hydrogens is 238 g/mol. The Kier molecular flexibility index (Phi) is 3.65. The first-order valence-corrected chi connectivity index (χ1v) is 7.33. The fraction of sp³-hybridized carbons (Fsp3) is 0.625. The second kappa shape index (κ2) is 5.41. The first kappa shape index (κ1) is 12.8. The summed E-state index contributed by atoms with van der Waals surface area (Å²) in [5.41, 5.74) is 1.23. The highest BCUT2D eigenvalue weighted by Gasteiger charge is 2.34. The highest BCUT2D eigenvalue weighted by molar-refractivity contribution is 5.43. The summed E-state index contributed by atoms with van der Waals surface area (Å²) in [6, 6.07) is 6.52. The quantitative estimate of drug-likeness (QED) is 0.905. The van der Waals surface area contributed by atoms with Gasteiger partial charge in [-0.1, -0.05) is 12.8 Å². The van der Waals surface area contributed by atoms with Crippen LogP contribution in [0.25, 0.3) is 0 Å². The van der Waals surface area contributed by atoms with E-state index in [0.29, 0.717) is 12.1 Å². The average Bonchev–Trinajstić information content (AvgIpc) is 2.99. The molecule has 3 heteroatoms. The molecule has 3 rings (SSSR count). The van der Waals surface area contributed by atoms with Crippen molar-refractivity contribution in [3.63, 3.8) is 0 Å². The van der Waals surface area contributed by atoms with Gasteiger partial charge in [0.05, 0.1) is 7.11 Å². The third-order valence-corrected chi connectivity index (χ3v) is 4.61. The van der Waals surface area contributed by atoms with Crippen LogP contribution in [-0.2, 0) is 0 Å². The molecule has 2 unspecified atom stereocenters.